The molecule has 1 aromatic carbocycles. The van der Waals surface area contributed by atoms with Crippen molar-refractivity contribution in [3.63, 3.8) is 0 Å². The first-order chi connectivity index (χ1) is 13.3. The van der Waals surface area contributed by atoms with Crippen LogP contribution in [0.2, 0.25) is 0 Å². The van der Waals surface area contributed by atoms with Crippen LogP contribution in [0.5, 0.6) is 0 Å². The van der Waals surface area contributed by atoms with Crippen molar-refractivity contribution < 1.29 is 22.7 Å². The molecule has 0 radical (unpaired) electrons. The van der Waals surface area contributed by atoms with E-state index in [0.29, 0.717) is 17.6 Å². The number of thiazole rings is 1. The Morgan fingerprint density at radius 3 is 2.71 bits per heavy atom. The first kappa shape index (κ1) is 20.9. The highest BCUT2D eigenvalue weighted by molar-refractivity contribution is 9.10. The summed E-state index contributed by atoms with van der Waals surface area (Å²) < 4.78 is 32.2. The molecule has 0 aliphatic carbocycles. The summed E-state index contributed by atoms with van der Waals surface area (Å²) in [5.41, 5.74) is 0.264. The van der Waals surface area contributed by atoms with Gasteiger partial charge in [0.15, 0.2) is 10.8 Å². The molecular weight excluding hydrogens is 470 g/mol. The van der Waals surface area contributed by atoms with Gasteiger partial charge in [0, 0.05) is 22.9 Å². The molecule has 1 aliphatic rings. The average Bonchev–Trinajstić information content (AvgIpc) is 3.34. The van der Waals surface area contributed by atoms with Crippen LogP contribution in [-0.2, 0) is 14.8 Å². The molecule has 11 heteroatoms. The van der Waals surface area contributed by atoms with E-state index in [1.807, 2.05) is 0 Å². The number of hydrogen-bond acceptors (Lipinski definition) is 7. The molecule has 0 bridgehead atoms. The molecule has 1 aliphatic heterocycles. The fraction of sp³-hybridized carbons (Fsp3) is 0.353. The fourth-order valence-electron chi connectivity index (χ4n) is 2.71. The van der Waals surface area contributed by atoms with Gasteiger partial charge in [-0.05, 0) is 53.9 Å². The summed E-state index contributed by atoms with van der Waals surface area (Å²) in [6, 6.07) is 4.34. The van der Waals surface area contributed by atoms with Gasteiger partial charge in [-0.15, -0.1) is 11.3 Å². The van der Waals surface area contributed by atoms with Gasteiger partial charge in [0.05, 0.1) is 17.1 Å². The lowest BCUT2D eigenvalue weighted by Gasteiger charge is -2.16. The zero-order valence-corrected chi connectivity index (χ0v) is 18.2. The Balaban J connectivity index is 1.81. The molecule has 28 heavy (non-hydrogen) atoms. The van der Waals surface area contributed by atoms with Gasteiger partial charge in [-0.25, -0.2) is 18.2 Å². The summed E-state index contributed by atoms with van der Waals surface area (Å²) in [7, 11) is -3.64. The molecule has 2 aromatic rings. The van der Waals surface area contributed by atoms with Crippen LogP contribution >= 0.6 is 27.3 Å². The summed E-state index contributed by atoms with van der Waals surface area (Å²) in [6.07, 6.45) is 1.66. The van der Waals surface area contributed by atoms with E-state index >= 15 is 0 Å². The van der Waals surface area contributed by atoms with Gasteiger partial charge in [-0.2, -0.15) is 4.31 Å². The normalized spacial score (nSPS) is 14.8. The van der Waals surface area contributed by atoms with Crippen molar-refractivity contribution in [2.24, 2.45) is 0 Å². The molecule has 0 spiro atoms. The highest BCUT2D eigenvalue weighted by atomic mass is 79.9. The summed E-state index contributed by atoms with van der Waals surface area (Å²) in [5.74, 6) is -1.10. The number of aromatic nitrogens is 1. The summed E-state index contributed by atoms with van der Waals surface area (Å²) in [4.78, 5) is 28.4. The summed E-state index contributed by atoms with van der Waals surface area (Å²) in [6.45, 7) is 2.88. The van der Waals surface area contributed by atoms with Crippen LogP contribution in [0.25, 0.3) is 0 Å². The van der Waals surface area contributed by atoms with Crippen molar-refractivity contribution >= 4 is 54.3 Å². The lowest BCUT2D eigenvalue weighted by atomic mass is 10.2. The highest BCUT2D eigenvalue weighted by Gasteiger charge is 2.28. The Hall–Kier alpha value is -1.82. The van der Waals surface area contributed by atoms with E-state index in [2.05, 4.69) is 26.2 Å². The molecule has 8 nitrogen and oxygen atoms in total. The second-order valence-corrected chi connectivity index (χ2v) is 9.62. The third kappa shape index (κ3) is 4.43. The maximum atomic E-state index is 12.7. The van der Waals surface area contributed by atoms with E-state index in [4.69, 9.17) is 4.74 Å². The van der Waals surface area contributed by atoms with E-state index in [-0.39, 0.29) is 27.9 Å². The number of anilines is 1. The third-order valence-electron chi connectivity index (χ3n) is 4.09. The average molecular weight is 488 g/mol. The van der Waals surface area contributed by atoms with Gasteiger partial charge in [0.25, 0.3) is 5.91 Å². The molecule has 1 saturated heterocycles. The number of nitrogens with one attached hydrogen (secondary N) is 1. The van der Waals surface area contributed by atoms with Gasteiger partial charge in [-0.1, -0.05) is 0 Å². The first-order valence-electron chi connectivity index (χ1n) is 8.56. The van der Waals surface area contributed by atoms with Crippen LogP contribution in [0.3, 0.4) is 0 Å². The molecule has 0 atom stereocenters. The Labute approximate surface area is 175 Å². The number of sulfonamides is 1. The quantitative estimate of drug-likeness (QED) is 0.627. The first-order valence-corrected chi connectivity index (χ1v) is 11.7. The number of amides is 1. The van der Waals surface area contributed by atoms with Crippen LogP contribution in [0.15, 0.2) is 32.9 Å². The van der Waals surface area contributed by atoms with Gasteiger partial charge in [0.2, 0.25) is 10.0 Å². The lowest BCUT2D eigenvalue weighted by Crippen LogP contribution is -2.28. The number of esters is 1. The molecular formula is C17H18BrN3O5S2. The second-order valence-electron chi connectivity index (χ2n) is 5.97. The highest BCUT2D eigenvalue weighted by Crippen LogP contribution is 2.26. The Bertz CT molecular complexity index is 1000. The maximum absolute atomic E-state index is 12.7. The van der Waals surface area contributed by atoms with E-state index in [1.165, 1.54) is 27.9 Å². The standard InChI is InChI=1S/C17H18BrN3O5S2/c1-2-26-16(23)14-10-27-17(19-14)20-15(22)12-9-11(5-6-13(12)18)28(24,25)21-7-3-4-8-21/h5-6,9-10H,2-4,7-8H2,1H3,(H,19,20,22). The van der Waals surface area contributed by atoms with Crippen LogP contribution in [0.1, 0.15) is 40.6 Å². The van der Waals surface area contributed by atoms with E-state index in [1.54, 1.807) is 6.92 Å². The number of rotatable bonds is 6. The molecule has 3 rings (SSSR count). The number of benzene rings is 1. The molecule has 2 heterocycles. The minimum Gasteiger partial charge on any atom is -0.461 e. The van der Waals surface area contributed by atoms with Crippen LogP contribution in [0.4, 0.5) is 5.13 Å². The molecule has 0 saturated carbocycles. The number of carbonyl (C=O) groups excluding carboxylic acids is 2. The number of hydrogen-bond donors (Lipinski definition) is 1. The van der Waals surface area contributed by atoms with Crippen molar-refractivity contribution in [1.29, 1.82) is 0 Å². The van der Waals surface area contributed by atoms with Gasteiger partial charge in [-0.3, -0.25) is 10.1 Å². The Kier molecular flexibility index (Phi) is 6.48. The molecule has 1 fully saturated rings. The largest absolute Gasteiger partial charge is 0.461 e. The Morgan fingerprint density at radius 1 is 1.32 bits per heavy atom. The smallest absolute Gasteiger partial charge is 0.357 e. The van der Waals surface area contributed by atoms with Crippen molar-refractivity contribution in [3.05, 3.63) is 39.3 Å². The SMILES string of the molecule is CCOC(=O)c1csc(NC(=O)c2cc(S(=O)(=O)N3CCCC3)ccc2Br)n1. The van der Waals surface area contributed by atoms with E-state index in [0.717, 1.165) is 24.2 Å². The van der Waals surface area contributed by atoms with Gasteiger partial charge in [0.1, 0.15) is 0 Å². The lowest BCUT2D eigenvalue weighted by molar-refractivity contribution is 0.0520. The van der Waals surface area contributed by atoms with Crippen LogP contribution in [0, 0.1) is 0 Å². The van der Waals surface area contributed by atoms with Crippen LogP contribution < -0.4 is 5.32 Å². The van der Waals surface area contributed by atoms with Crippen molar-refractivity contribution in [2.45, 2.75) is 24.7 Å². The number of carbonyl (C=O) groups is 2. The monoisotopic (exact) mass is 487 g/mol. The summed E-state index contributed by atoms with van der Waals surface area (Å²) in [5, 5.41) is 4.29. The number of ether oxygens (including phenoxy) is 1. The van der Waals surface area contributed by atoms with E-state index in [9.17, 15) is 18.0 Å². The Morgan fingerprint density at radius 2 is 2.04 bits per heavy atom. The molecule has 1 N–H and O–H groups in total. The zero-order valence-electron chi connectivity index (χ0n) is 15.0. The maximum Gasteiger partial charge on any atom is 0.357 e. The predicted molar refractivity (Wildman–Crippen MR) is 108 cm³/mol. The minimum atomic E-state index is -3.64. The van der Waals surface area contributed by atoms with Gasteiger partial charge >= 0.3 is 5.97 Å². The van der Waals surface area contributed by atoms with Crippen molar-refractivity contribution in [3.8, 4) is 0 Å². The fourth-order valence-corrected chi connectivity index (χ4v) is 5.36. The predicted octanol–water partition coefficient (Wildman–Crippen LogP) is 3.12. The third-order valence-corrected chi connectivity index (χ3v) is 7.44. The van der Waals surface area contributed by atoms with Crippen LogP contribution in [-0.4, -0.2) is 49.3 Å². The van der Waals surface area contributed by atoms with E-state index < -0.39 is 21.9 Å². The number of nitrogens with zero attached hydrogens (tertiary/aromatic N) is 2. The van der Waals surface area contributed by atoms with Crippen molar-refractivity contribution in [1.82, 2.24) is 9.29 Å². The minimum absolute atomic E-state index is 0.0640. The van der Waals surface area contributed by atoms with Crippen molar-refractivity contribution in [2.75, 3.05) is 25.0 Å². The molecule has 1 amide bonds. The van der Waals surface area contributed by atoms with Gasteiger partial charge < -0.3 is 4.74 Å². The summed E-state index contributed by atoms with van der Waals surface area (Å²) >= 11 is 4.36. The topological polar surface area (TPSA) is 106 Å². The second kappa shape index (κ2) is 8.68. The molecule has 1 aromatic heterocycles. The molecule has 0 unspecified atom stereocenters. The zero-order chi connectivity index (χ0) is 20.3. The molecule has 150 valence electrons. The number of halogens is 1.